The largest absolute Gasteiger partial charge is 0.493 e. The van der Waals surface area contributed by atoms with Crippen LogP contribution in [0.4, 0.5) is 11.4 Å². The maximum atomic E-state index is 7.35. The number of halogens is 3. The Hall–Kier alpha value is -1.56. The normalized spacial score (nSPS) is 20.1. The number of allylic oxidation sites excluding steroid dienone is 8. The van der Waals surface area contributed by atoms with Crippen LogP contribution < -0.4 is 23.8 Å². The van der Waals surface area contributed by atoms with Crippen LogP contribution >= 0.6 is 72.4 Å². The van der Waals surface area contributed by atoms with E-state index in [1.54, 1.807) is 14.2 Å². The molecule has 3 aliphatic rings. The Morgan fingerprint density at radius 1 is 0.800 bits per heavy atom. The van der Waals surface area contributed by atoms with Crippen LogP contribution in [-0.2, 0) is 19.2 Å². The van der Waals surface area contributed by atoms with E-state index in [-0.39, 0.29) is 23.3 Å². The van der Waals surface area contributed by atoms with Gasteiger partial charge in [0.05, 0.1) is 63.0 Å². The van der Waals surface area contributed by atoms with Gasteiger partial charge in [-0.2, -0.15) is 4.58 Å². The van der Waals surface area contributed by atoms with Crippen LogP contribution in [-0.4, -0.2) is 50.2 Å². The van der Waals surface area contributed by atoms with Crippen molar-refractivity contribution in [3.8, 4) is 23.0 Å². The molecule has 2 heterocycles. The molecule has 55 heavy (non-hydrogen) atoms. The maximum absolute atomic E-state index is 7.35. The summed E-state index contributed by atoms with van der Waals surface area (Å²) in [6, 6.07) is 8.42. The van der Waals surface area contributed by atoms with Crippen molar-refractivity contribution in [1.29, 1.82) is 0 Å². The zero-order valence-corrected chi connectivity index (χ0v) is 40.2. The van der Waals surface area contributed by atoms with E-state index in [0.29, 0.717) is 24.7 Å². The lowest BCUT2D eigenvalue weighted by Crippen LogP contribution is -2.35. The number of rotatable bonds is 17. The quantitative estimate of drug-likeness (QED) is 0.0876. The van der Waals surface area contributed by atoms with Crippen LogP contribution in [0.2, 0.25) is 0 Å². The molecule has 0 aromatic heterocycles. The van der Waals surface area contributed by atoms with Gasteiger partial charge in [0, 0.05) is 82.7 Å². The average Bonchev–Trinajstić information content (AvgIpc) is 3.52. The van der Waals surface area contributed by atoms with Gasteiger partial charge in [0.25, 0.3) is 6.23 Å². The Labute approximate surface area is 366 Å². The molecule has 1 aliphatic carbocycles. The second kappa shape index (κ2) is 19.5. The smallest absolute Gasteiger partial charge is 0.274 e. The Kier molecular flexibility index (Phi) is 15.8. The predicted molar refractivity (Wildman–Crippen MR) is 247 cm³/mol. The molecule has 0 radical (unpaired) electrons. The monoisotopic (exact) mass is 1040 g/mol. The molecule has 0 saturated carbocycles. The zero-order chi connectivity index (χ0) is 40.1. The summed E-state index contributed by atoms with van der Waals surface area (Å²) in [5.41, 5.74) is 8.27. The van der Waals surface area contributed by atoms with Gasteiger partial charge in [-0.1, -0.05) is 51.4 Å². The molecule has 0 spiro atoms. The topological polar surface area (TPSA) is 61.6 Å². The molecule has 13 heteroatoms. The lowest BCUT2D eigenvalue weighted by atomic mass is 9.81. The Morgan fingerprint density at radius 2 is 1.44 bits per heavy atom. The van der Waals surface area contributed by atoms with E-state index in [1.165, 1.54) is 29.6 Å². The molecule has 2 aromatic rings. The van der Waals surface area contributed by atoms with Gasteiger partial charge in [-0.15, -0.1) is 0 Å². The first-order chi connectivity index (χ1) is 26.4. The van der Waals surface area contributed by atoms with Gasteiger partial charge in [-0.05, 0) is 88.3 Å². The second-order valence-electron chi connectivity index (χ2n) is 14.6. The lowest BCUT2D eigenvalue weighted by Gasteiger charge is -2.32. The molecule has 5 rings (SSSR count). The fraction of sp³-hybridized carbons (Fsp3) is 0.500. The maximum Gasteiger partial charge on any atom is 0.274 e. The highest BCUT2D eigenvalue weighted by atomic mass is 127. The van der Waals surface area contributed by atoms with Crippen molar-refractivity contribution >= 4 is 89.5 Å². The number of anilines is 1. The van der Waals surface area contributed by atoms with Crippen LogP contribution in [0.15, 0.2) is 70.4 Å². The number of benzene rings is 2. The molecule has 300 valence electrons. The van der Waals surface area contributed by atoms with E-state index < -0.39 is 0 Å². The molecule has 0 bridgehead atoms. The summed E-state index contributed by atoms with van der Waals surface area (Å²) in [5, 5.41) is 0.803. The first-order valence-electron chi connectivity index (χ1n) is 18.9. The van der Waals surface area contributed by atoms with Crippen molar-refractivity contribution in [2.24, 2.45) is 0 Å². The summed E-state index contributed by atoms with van der Waals surface area (Å²) in [4.78, 5) is 2.31. The van der Waals surface area contributed by atoms with Crippen molar-refractivity contribution in [2.75, 3.05) is 32.3 Å². The number of nitrogens with zero attached hydrogens (tertiary/aromatic N) is 2. The summed E-state index contributed by atoms with van der Waals surface area (Å²) in [6.45, 7) is 18.4. The highest BCUT2D eigenvalue weighted by Gasteiger charge is 2.48. The summed E-state index contributed by atoms with van der Waals surface area (Å²) in [7, 11) is 6.08. The molecule has 2 aromatic carbocycles. The van der Waals surface area contributed by atoms with Crippen LogP contribution in [0, 0.1) is 0 Å². The first-order valence-corrected chi connectivity index (χ1v) is 25.9. The third-order valence-electron chi connectivity index (χ3n) is 10.7. The highest BCUT2D eigenvalue weighted by molar-refractivity contribution is 14.2. The van der Waals surface area contributed by atoms with Crippen molar-refractivity contribution in [1.82, 2.24) is 0 Å². The number of fused-ring (bicyclic) bond motifs is 2. The van der Waals surface area contributed by atoms with Gasteiger partial charge in [0.2, 0.25) is 5.69 Å². The van der Waals surface area contributed by atoms with Crippen LogP contribution in [0.25, 0.3) is 0 Å². The molecule has 0 fully saturated rings. The van der Waals surface area contributed by atoms with E-state index in [4.69, 9.17) is 38.9 Å². The number of ether oxygens (including phenoxy) is 4. The van der Waals surface area contributed by atoms with Crippen LogP contribution in [0.5, 0.6) is 23.0 Å². The van der Waals surface area contributed by atoms with E-state index in [2.05, 4.69) is 142 Å². The third-order valence-corrected chi connectivity index (χ3v) is 13.1. The molecule has 2 aliphatic heterocycles. The van der Waals surface area contributed by atoms with E-state index in [9.17, 15) is 0 Å². The molecule has 0 amide bonds. The van der Waals surface area contributed by atoms with Gasteiger partial charge in [-0.3, -0.25) is 4.18 Å². The Balaban J connectivity index is 1.60. The summed E-state index contributed by atoms with van der Waals surface area (Å²) in [5.74, 6) is 2.90. The van der Waals surface area contributed by atoms with Crippen LogP contribution in [0.1, 0.15) is 98.6 Å². The van der Waals surface area contributed by atoms with Crippen molar-refractivity contribution < 1.29 is 31.9 Å². The van der Waals surface area contributed by atoms with Crippen molar-refractivity contribution in [3.05, 3.63) is 81.6 Å². The zero-order valence-electron chi connectivity index (χ0n) is 33.5. The minimum absolute atomic E-state index is 0.185. The summed E-state index contributed by atoms with van der Waals surface area (Å²) in [6.07, 6.45) is 12.9. The summed E-state index contributed by atoms with van der Waals surface area (Å²) >= 11 is 11.8. The minimum atomic E-state index is -0.340. The number of hydrogen-bond acceptors (Lipinski definition) is 9. The van der Waals surface area contributed by atoms with Crippen molar-refractivity contribution in [3.63, 3.8) is 0 Å². The third kappa shape index (κ3) is 8.90. The highest BCUT2D eigenvalue weighted by Crippen LogP contribution is 2.53. The van der Waals surface area contributed by atoms with E-state index in [0.717, 1.165) is 82.6 Å². The predicted octanol–water partition coefficient (Wildman–Crippen LogP) is 13.2. The van der Waals surface area contributed by atoms with Gasteiger partial charge >= 0.3 is 0 Å². The van der Waals surface area contributed by atoms with Gasteiger partial charge in [0.1, 0.15) is 6.23 Å². The van der Waals surface area contributed by atoms with E-state index in [1.807, 2.05) is 13.8 Å². The molecule has 0 saturated heterocycles. The fourth-order valence-corrected chi connectivity index (χ4v) is 10.3. The summed E-state index contributed by atoms with van der Waals surface area (Å²) < 4.78 is 38.5. The standard InChI is InChI=1S/C42H54ClI2N2O6S2/c1-11-38(52-54-44)46-30-24-32(48-9)34(50-13-3)22-28(30)41(5,6)36(46)20-18-26-16-15-17-27(40(26)43)19-21-37-42(7,8)29-23-35(51-14-4)33(49-10)25-31(29)47(37)39(12-2)53-55-45/h18-25,38-39H,11-17H2,1-10H3/q+1. The molecular weight excluding hydrogens is 982 g/mol. The minimum Gasteiger partial charge on any atom is -0.493 e. The average molecular weight is 1040 g/mol. The van der Waals surface area contributed by atoms with Gasteiger partial charge in [-0.25, -0.2) is 4.18 Å². The fourth-order valence-electron chi connectivity index (χ4n) is 7.93. The Morgan fingerprint density at radius 3 is 2.02 bits per heavy atom. The molecule has 8 nitrogen and oxygen atoms in total. The molecule has 0 N–H and O–H groups in total. The van der Waals surface area contributed by atoms with Crippen molar-refractivity contribution in [2.45, 2.75) is 111 Å². The Bertz CT molecular complexity index is 1890. The SMILES string of the molecule is CCOc1cc2c(cc1OC)[N+](C(CC)OSI)=C(/C=C/C1=C(Cl)C(=C/C=C3\N(C(CC)OSI)c4cc(OC)c(OCC)cc4C3(C)C)/CCC1)C2(C)C. The molecular formula is C42H54ClI2N2O6S2+. The van der Waals surface area contributed by atoms with Crippen LogP contribution in [0.3, 0.4) is 0 Å². The van der Waals surface area contributed by atoms with E-state index >= 15 is 0 Å². The lowest BCUT2D eigenvalue weighted by molar-refractivity contribution is -0.525. The molecule has 2 unspecified atom stereocenters. The van der Waals surface area contributed by atoms with Gasteiger partial charge < -0.3 is 23.8 Å². The number of methoxy groups -OCH3 is 2. The second-order valence-corrected chi connectivity index (χ2v) is 17.8. The molecule has 2 atom stereocenters. The first kappa shape index (κ1) is 44.5. The number of hydrogen-bond donors (Lipinski definition) is 0. The van der Waals surface area contributed by atoms with Gasteiger partial charge in [0.15, 0.2) is 28.7 Å².